The van der Waals surface area contributed by atoms with E-state index in [0.717, 1.165) is 24.3 Å². The Kier molecular flexibility index (Phi) is 8.70. The van der Waals surface area contributed by atoms with Gasteiger partial charge in [0.05, 0.1) is 6.10 Å². The lowest BCUT2D eigenvalue weighted by atomic mass is 9.99. The van der Waals surface area contributed by atoms with Crippen molar-refractivity contribution in [1.82, 2.24) is 0 Å². The molecule has 1 N–H and O–H groups in total. The van der Waals surface area contributed by atoms with Gasteiger partial charge in [-0.25, -0.2) is 0 Å². The van der Waals surface area contributed by atoms with Crippen LogP contribution < -0.4 is 0 Å². The fourth-order valence-corrected chi connectivity index (χ4v) is 2.34. The first-order valence-corrected chi connectivity index (χ1v) is 8.49. The number of ether oxygens (including phenoxy) is 1. The molecule has 0 saturated heterocycles. The normalized spacial score (nSPS) is 13.3. The van der Waals surface area contributed by atoms with Crippen LogP contribution in [0.5, 0.6) is 0 Å². The zero-order chi connectivity index (χ0) is 17.2. The van der Waals surface area contributed by atoms with Gasteiger partial charge in [0.2, 0.25) is 0 Å². The molecule has 1 rings (SSSR count). The van der Waals surface area contributed by atoms with Crippen LogP contribution in [0.4, 0.5) is 0 Å². The van der Waals surface area contributed by atoms with Gasteiger partial charge in [-0.1, -0.05) is 43.5 Å². The number of unbranched alkanes of at least 4 members (excludes halogenated alkanes) is 2. The molecule has 0 fully saturated rings. The Morgan fingerprint density at radius 2 is 1.83 bits per heavy atom. The maximum absolute atomic E-state index is 11.9. The predicted molar refractivity (Wildman–Crippen MR) is 90.6 cm³/mol. The first-order valence-electron chi connectivity index (χ1n) is 8.11. The summed E-state index contributed by atoms with van der Waals surface area (Å²) in [5.74, 6) is -2.78. The quantitative estimate of drug-likeness (QED) is 0.387. The molecule has 23 heavy (non-hydrogen) atoms. The van der Waals surface area contributed by atoms with Crippen LogP contribution in [0.3, 0.4) is 0 Å². The van der Waals surface area contributed by atoms with Crippen LogP contribution in [0, 0.1) is 5.92 Å². The summed E-state index contributed by atoms with van der Waals surface area (Å²) in [6, 6.07) is 7.71. The molecular weight excluding hydrogens is 316 g/mol. The Bertz CT molecular complexity index is 498. The highest BCUT2D eigenvalue weighted by Crippen LogP contribution is 2.16. The lowest BCUT2D eigenvalue weighted by Gasteiger charge is -2.15. The van der Waals surface area contributed by atoms with E-state index in [0.29, 0.717) is 19.3 Å². The Hall–Kier alpha value is -1.55. The largest absolute Gasteiger partial charge is 0.481 e. The van der Waals surface area contributed by atoms with Gasteiger partial charge in [-0.3, -0.25) is 9.59 Å². The van der Waals surface area contributed by atoms with Gasteiger partial charge >= 0.3 is 11.9 Å². The number of hydrogen-bond donors (Lipinski definition) is 1. The molecule has 0 bridgehead atoms. The van der Waals surface area contributed by atoms with E-state index < -0.39 is 17.9 Å². The summed E-state index contributed by atoms with van der Waals surface area (Å²) < 4.78 is 5.13. The number of aliphatic carboxylic acids is 1. The van der Waals surface area contributed by atoms with E-state index in [-0.39, 0.29) is 6.10 Å². The summed E-state index contributed by atoms with van der Waals surface area (Å²) in [6.45, 7) is 3.66. The van der Waals surface area contributed by atoms with E-state index in [9.17, 15) is 14.7 Å². The molecule has 1 aromatic carbocycles. The zero-order valence-electron chi connectivity index (χ0n) is 13.8. The number of benzene rings is 1. The van der Waals surface area contributed by atoms with E-state index in [4.69, 9.17) is 16.3 Å². The lowest BCUT2D eigenvalue weighted by molar-refractivity contribution is -0.162. The molecule has 0 saturated carbocycles. The summed E-state index contributed by atoms with van der Waals surface area (Å²) >= 11 is 5.84. The Labute approximate surface area is 142 Å². The van der Waals surface area contributed by atoms with Crippen LogP contribution in [0.15, 0.2) is 24.3 Å². The minimum atomic E-state index is -1.10. The molecule has 1 aromatic rings. The van der Waals surface area contributed by atoms with E-state index >= 15 is 0 Å². The van der Waals surface area contributed by atoms with Gasteiger partial charge in [-0.15, -0.1) is 0 Å². The molecule has 0 aliphatic rings. The van der Waals surface area contributed by atoms with Gasteiger partial charge in [-0.2, -0.15) is 0 Å². The number of carbonyl (C=O) groups excluding carboxylic acids is 1. The van der Waals surface area contributed by atoms with Crippen LogP contribution in [0.1, 0.15) is 51.5 Å². The number of hydrogen-bond acceptors (Lipinski definition) is 3. The van der Waals surface area contributed by atoms with Crippen molar-refractivity contribution in [3.8, 4) is 0 Å². The number of carboxylic acids is 1. The third-order valence-corrected chi connectivity index (χ3v) is 4.10. The summed E-state index contributed by atoms with van der Waals surface area (Å²) in [5.41, 5.74) is 1.21. The molecule has 2 atom stereocenters. The zero-order valence-corrected chi connectivity index (χ0v) is 14.5. The molecule has 0 radical (unpaired) electrons. The van der Waals surface area contributed by atoms with Crippen LogP contribution >= 0.6 is 11.6 Å². The second-order valence-electron chi connectivity index (χ2n) is 5.77. The number of esters is 1. The highest BCUT2D eigenvalue weighted by atomic mass is 35.5. The second-order valence-corrected chi connectivity index (χ2v) is 6.21. The number of carboxylic acid groups (broad SMARTS) is 1. The predicted octanol–water partition coefficient (Wildman–Crippen LogP) is 4.49. The van der Waals surface area contributed by atoms with Gasteiger partial charge in [0.25, 0.3) is 0 Å². The molecule has 0 spiro atoms. The topological polar surface area (TPSA) is 63.6 Å². The van der Waals surface area contributed by atoms with Crippen molar-refractivity contribution in [2.24, 2.45) is 5.92 Å². The van der Waals surface area contributed by atoms with Crippen molar-refractivity contribution in [2.45, 2.75) is 58.5 Å². The monoisotopic (exact) mass is 340 g/mol. The summed E-state index contributed by atoms with van der Waals surface area (Å²) in [6.07, 6.45) is 4.21. The van der Waals surface area contributed by atoms with Crippen molar-refractivity contribution >= 4 is 23.5 Å². The van der Waals surface area contributed by atoms with Crippen LogP contribution in [-0.4, -0.2) is 23.1 Å². The highest BCUT2D eigenvalue weighted by Gasteiger charge is 2.28. The molecule has 5 heteroatoms. The van der Waals surface area contributed by atoms with Crippen LogP contribution in [0.25, 0.3) is 0 Å². The minimum absolute atomic E-state index is 0.241. The maximum atomic E-state index is 11.9. The summed E-state index contributed by atoms with van der Waals surface area (Å²) in [5, 5.41) is 9.90. The molecule has 0 aliphatic heterocycles. The number of halogens is 1. The van der Waals surface area contributed by atoms with E-state index in [2.05, 4.69) is 0 Å². The summed E-state index contributed by atoms with van der Waals surface area (Å²) in [4.78, 5) is 23.1. The van der Waals surface area contributed by atoms with Crippen molar-refractivity contribution < 1.29 is 19.4 Å². The third-order valence-electron chi connectivity index (χ3n) is 3.85. The molecule has 0 aliphatic carbocycles. The Balaban J connectivity index is 2.31. The molecule has 4 nitrogen and oxygen atoms in total. The molecule has 128 valence electrons. The van der Waals surface area contributed by atoms with Crippen LogP contribution in [0.2, 0.25) is 5.02 Å². The average molecular weight is 341 g/mol. The number of rotatable bonds is 10. The standard InChI is InChI=1S/C18H25ClO4/c1-3-13(2)23-18(22)16(17(20)21)8-6-4-5-7-14-9-11-15(19)12-10-14/h9-13,16H,3-8H2,1-2H3,(H,20,21). The molecule has 0 aromatic heterocycles. The Morgan fingerprint density at radius 1 is 1.17 bits per heavy atom. The lowest BCUT2D eigenvalue weighted by Crippen LogP contribution is -2.28. The molecule has 2 unspecified atom stereocenters. The maximum Gasteiger partial charge on any atom is 0.320 e. The highest BCUT2D eigenvalue weighted by molar-refractivity contribution is 6.30. The second kappa shape index (κ2) is 10.3. The smallest absolute Gasteiger partial charge is 0.320 e. The van der Waals surface area contributed by atoms with Gasteiger partial charge < -0.3 is 9.84 Å². The molecular formula is C18H25ClO4. The molecule has 0 heterocycles. The van der Waals surface area contributed by atoms with Crippen molar-refractivity contribution in [3.05, 3.63) is 34.9 Å². The third kappa shape index (κ3) is 7.51. The first-order chi connectivity index (χ1) is 10.9. The van der Waals surface area contributed by atoms with E-state index in [1.165, 1.54) is 5.56 Å². The van der Waals surface area contributed by atoms with Gasteiger partial charge in [0.15, 0.2) is 5.92 Å². The van der Waals surface area contributed by atoms with Gasteiger partial charge in [0.1, 0.15) is 0 Å². The fourth-order valence-electron chi connectivity index (χ4n) is 2.21. The van der Waals surface area contributed by atoms with Crippen LogP contribution in [-0.2, 0) is 20.7 Å². The SMILES string of the molecule is CCC(C)OC(=O)C(CCCCCc1ccc(Cl)cc1)C(=O)O. The van der Waals surface area contributed by atoms with Gasteiger partial charge in [-0.05, 0) is 50.3 Å². The fraction of sp³-hybridized carbons (Fsp3) is 0.556. The number of carbonyl (C=O) groups is 2. The van der Waals surface area contributed by atoms with Crippen molar-refractivity contribution in [1.29, 1.82) is 0 Å². The number of aryl methyl sites for hydroxylation is 1. The van der Waals surface area contributed by atoms with Crippen molar-refractivity contribution in [3.63, 3.8) is 0 Å². The first kappa shape index (κ1) is 19.5. The Morgan fingerprint density at radius 3 is 2.39 bits per heavy atom. The summed E-state index contributed by atoms with van der Waals surface area (Å²) in [7, 11) is 0. The minimum Gasteiger partial charge on any atom is -0.481 e. The van der Waals surface area contributed by atoms with E-state index in [1.54, 1.807) is 6.92 Å². The molecule has 0 amide bonds. The van der Waals surface area contributed by atoms with Crippen molar-refractivity contribution in [2.75, 3.05) is 0 Å². The van der Waals surface area contributed by atoms with E-state index in [1.807, 2.05) is 31.2 Å². The van der Waals surface area contributed by atoms with Gasteiger partial charge in [0, 0.05) is 5.02 Å². The average Bonchev–Trinajstić information content (AvgIpc) is 2.51.